The molecule has 7 nitrogen and oxygen atoms in total. The molecule has 4 N–H and O–H groups in total. The van der Waals surface area contributed by atoms with Crippen molar-refractivity contribution in [1.29, 1.82) is 0 Å². The molecule has 1 heterocycles. The molecule has 1 atom stereocenters. The summed E-state index contributed by atoms with van der Waals surface area (Å²) in [6, 6.07) is 6.81. The third kappa shape index (κ3) is 5.54. The van der Waals surface area contributed by atoms with Crippen LogP contribution in [0, 0.1) is 5.92 Å². The van der Waals surface area contributed by atoms with E-state index in [0.717, 1.165) is 19.3 Å². The van der Waals surface area contributed by atoms with Gasteiger partial charge in [0.05, 0.1) is 4.90 Å². The monoisotopic (exact) mass is 366 g/mol. The van der Waals surface area contributed by atoms with Gasteiger partial charge in [-0.2, -0.15) is 0 Å². The van der Waals surface area contributed by atoms with Gasteiger partial charge in [-0.05, 0) is 37.4 Å². The highest BCUT2D eigenvalue weighted by Gasteiger charge is 2.29. The third-order valence-corrected chi connectivity index (χ3v) is 5.44. The molecule has 0 aliphatic carbocycles. The second kappa shape index (κ2) is 8.96. The molecule has 1 aromatic rings. The number of benzene rings is 1. The summed E-state index contributed by atoms with van der Waals surface area (Å²) in [4.78, 5) is 16.3. The number of nitrogens with one attached hydrogen (secondary N) is 2. The topological polar surface area (TPSA) is 114 Å². The highest BCUT2D eigenvalue weighted by molar-refractivity contribution is 7.90. The molecule has 1 aromatic carbocycles. The summed E-state index contributed by atoms with van der Waals surface area (Å²) in [5.41, 5.74) is 6.13. The lowest BCUT2D eigenvalue weighted by molar-refractivity contribution is -0.121. The first kappa shape index (κ1) is 19.4. The van der Waals surface area contributed by atoms with E-state index in [1.807, 2.05) is 6.92 Å². The maximum atomic E-state index is 12.0. The predicted molar refractivity (Wildman–Crippen MR) is 97.9 cm³/mol. The number of sulfonamides is 1. The van der Waals surface area contributed by atoms with Crippen molar-refractivity contribution in [3.63, 3.8) is 0 Å². The van der Waals surface area contributed by atoms with Gasteiger partial charge in [-0.3, -0.25) is 14.5 Å². The summed E-state index contributed by atoms with van der Waals surface area (Å²) in [5, 5.41) is 2.87. The number of fused-ring (bicyclic) bond motifs is 1. The predicted octanol–water partition coefficient (Wildman–Crippen LogP) is 0.997. The van der Waals surface area contributed by atoms with E-state index in [1.54, 1.807) is 24.3 Å². The zero-order chi connectivity index (χ0) is 18.3. The number of aliphatic imine (C=N–C) groups is 1. The lowest BCUT2D eigenvalue weighted by Crippen LogP contribution is -2.31. The summed E-state index contributed by atoms with van der Waals surface area (Å²) < 4.78 is 26.4. The minimum atomic E-state index is -3.47. The van der Waals surface area contributed by atoms with E-state index in [4.69, 9.17) is 5.73 Å². The van der Waals surface area contributed by atoms with Gasteiger partial charge >= 0.3 is 0 Å². The molecule has 8 heteroatoms. The molecule has 0 spiro atoms. The average Bonchev–Trinajstić information content (AvgIpc) is 2.86. The molecule has 0 saturated carbocycles. The Bertz CT molecular complexity index is 731. The molecule has 1 unspecified atom stereocenters. The number of unbranched alkanes of at least 4 members (excludes halogenated alkanes) is 2. The van der Waals surface area contributed by atoms with Crippen LogP contribution >= 0.6 is 0 Å². The highest BCUT2D eigenvalue weighted by Crippen LogP contribution is 2.22. The Kier molecular flexibility index (Phi) is 6.95. The van der Waals surface area contributed by atoms with Crippen LogP contribution in [0.25, 0.3) is 0 Å². The van der Waals surface area contributed by atoms with Gasteiger partial charge in [-0.25, -0.2) is 8.42 Å². The number of nitrogens with zero attached hydrogens (tertiary/aromatic N) is 1. The number of amidine groups is 1. The molecule has 138 valence electrons. The molecule has 0 bridgehead atoms. The van der Waals surface area contributed by atoms with Gasteiger partial charge < -0.3 is 11.1 Å². The second-order valence-corrected chi connectivity index (χ2v) is 7.94. The van der Waals surface area contributed by atoms with Gasteiger partial charge in [0.15, 0.2) is 0 Å². The first-order chi connectivity index (χ1) is 11.9. The summed E-state index contributed by atoms with van der Waals surface area (Å²) in [7, 11) is -3.47. The van der Waals surface area contributed by atoms with Crippen molar-refractivity contribution in [3.05, 3.63) is 29.8 Å². The number of carbonyl (C=O) groups is 1. The smallest absolute Gasteiger partial charge is 0.263 e. The van der Waals surface area contributed by atoms with Crippen molar-refractivity contribution >= 4 is 21.8 Å². The molecule has 0 aromatic heterocycles. The van der Waals surface area contributed by atoms with Crippen LogP contribution in [0.3, 0.4) is 0 Å². The van der Waals surface area contributed by atoms with Gasteiger partial charge in [-0.15, -0.1) is 0 Å². The molecule has 2 rings (SSSR count). The maximum absolute atomic E-state index is 12.0. The van der Waals surface area contributed by atoms with Crippen LogP contribution in [0.2, 0.25) is 0 Å². The summed E-state index contributed by atoms with van der Waals surface area (Å²) >= 11 is 0. The number of rotatable bonds is 9. The Morgan fingerprint density at radius 2 is 2.04 bits per heavy atom. The normalized spacial score (nSPS) is 17.8. The Balaban J connectivity index is 1.70. The summed E-state index contributed by atoms with van der Waals surface area (Å²) in [6.07, 6.45) is 2.95. The molecule has 0 saturated heterocycles. The van der Waals surface area contributed by atoms with Crippen LogP contribution in [0.5, 0.6) is 0 Å². The second-order valence-electron chi connectivity index (χ2n) is 6.29. The number of carbonyl (C=O) groups excluding carboxylic acids is 1. The lowest BCUT2D eigenvalue weighted by atomic mass is 10.1. The van der Waals surface area contributed by atoms with Gasteiger partial charge in [0, 0.05) is 25.1 Å². The first-order valence-corrected chi connectivity index (χ1v) is 10.1. The van der Waals surface area contributed by atoms with Gasteiger partial charge in [0.25, 0.3) is 10.0 Å². The average molecular weight is 366 g/mol. The van der Waals surface area contributed by atoms with Crippen molar-refractivity contribution in [1.82, 2.24) is 10.0 Å². The Morgan fingerprint density at radius 3 is 2.80 bits per heavy atom. The fraction of sp³-hybridized carbons (Fsp3) is 0.529. The van der Waals surface area contributed by atoms with Crippen LogP contribution < -0.4 is 15.8 Å². The van der Waals surface area contributed by atoms with Crippen LogP contribution in [-0.2, 0) is 14.8 Å². The highest BCUT2D eigenvalue weighted by atomic mass is 32.2. The standard InChI is InChI=1S/C17H26N4O3S/c1-13(11-18)12-20-16(22)9-3-2-6-10-19-17-14-7-4-5-8-15(14)25(23,24)21-17/h4-5,7-8,13H,2-3,6,9-12,18H2,1H3,(H,19,21)(H,20,22). The van der Waals surface area contributed by atoms with E-state index < -0.39 is 10.0 Å². The van der Waals surface area contributed by atoms with Crippen molar-refractivity contribution in [2.24, 2.45) is 16.6 Å². The number of amides is 1. The van der Waals surface area contributed by atoms with E-state index >= 15 is 0 Å². The number of hydrogen-bond acceptors (Lipinski definition) is 5. The quantitative estimate of drug-likeness (QED) is 0.566. The molecule has 0 fully saturated rings. The van der Waals surface area contributed by atoms with Crippen molar-refractivity contribution in [2.45, 2.75) is 37.5 Å². The fourth-order valence-electron chi connectivity index (χ4n) is 2.48. The van der Waals surface area contributed by atoms with E-state index in [9.17, 15) is 13.2 Å². The van der Waals surface area contributed by atoms with E-state index in [2.05, 4.69) is 15.0 Å². The van der Waals surface area contributed by atoms with E-state index in [0.29, 0.717) is 37.5 Å². The van der Waals surface area contributed by atoms with E-state index in [-0.39, 0.29) is 16.7 Å². The van der Waals surface area contributed by atoms with Crippen LogP contribution in [0.15, 0.2) is 34.2 Å². The van der Waals surface area contributed by atoms with Crippen LogP contribution in [0.1, 0.15) is 38.2 Å². The maximum Gasteiger partial charge on any atom is 0.263 e. The third-order valence-electron chi connectivity index (χ3n) is 4.04. The molecule has 1 amide bonds. The first-order valence-electron chi connectivity index (χ1n) is 8.57. The Morgan fingerprint density at radius 1 is 1.28 bits per heavy atom. The van der Waals surface area contributed by atoms with Crippen molar-refractivity contribution in [3.8, 4) is 0 Å². The molecular formula is C17H26N4O3S. The van der Waals surface area contributed by atoms with Gasteiger partial charge in [-0.1, -0.05) is 25.5 Å². The molecule has 1 aliphatic rings. The van der Waals surface area contributed by atoms with Crippen LogP contribution in [0.4, 0.5) is 0 Å². The fourth-order valence-corrected chi connectivity index (χ4v) is 3.73. The molecule has 25 heavy (non-hydrogen) atoms. The van der Waals surface area contributed by atoms with Crippen molar-refractivity contribution in [2.75, 3.05) is 19.6 Å². The molecule has 0 radical (unpaired) electrons. The minimum absolute atomic E-state index is 0.0455. The number of nitrogens with two attached hydrogens (primary N) is 1. The summed E-state index contributed by atoms with van der Waals surface area (Å²) in [6.45, 7) is 3.70. The van der Waals surface area contributed by atoms with Gasteiger partial charge in [0.2, 0.25) is 5.91 Å². The SMILES string of the molecule is CC(CN)CNC(=O)CCCCCN=C1NS(=O)(=O)c2ccccc21. The zero-order valence-corrected chi connectivity index (χ0v) is 15.3. The Hall–Kier alpha value is -1.93. The summed E-state index contributed by atoms with van der Waals surface area (Å²) in [5.74, 6) is 0.742. The largest absolute Gasteiger partial charge is 0.356 e. The van der Waals surface area contributed by atoms with E-state index in [1.165, 1.54) is 0 Å². The number of hydrogen-bond donors (Lipinski definition) is 3. The Labute approximate surface area is 149 Å². The van der Waals surface area contributed by atoms with Crippen LogP contribution in [-0.4, -0.2) is 39.8 Å². The molecular weight excluding hydrogens is 340 g/mol. The zero-order valence-electron chi connectivity index (χ0n) is 14.5. The molecule has 1 aliphatic heterocycles. The van der Waals surface area contributed by atoms with Gasteiger partial charge in [0.1, 0.15) is 5.84 Å². The van der Waals surface area contributed by atoms with Crippen molar-refractivity contribution < 1.29 is 13.2 Å². The lowest BCUT2D eigenvalue weighted by Gasteiger charge is -2.09. The minimum Gasteiger partial charge on any atom is -0.356 e.